The van der Waals surface area contributed by atoms with Crippen molar-refractivity contribution in [2.24, 2.45) is 0 Å². The average Bonchev–Trinajstić information content (AvgIpc) is 2.61. The lowest BCUT2D eigenvalue weighted by Gasteiger charge is -2.11. The topological polar surface area (TPSA) is 52.0 Å². The normalized spacial score (nSPS) is 11.0. The summed E-state index contributed by atoms with van der Waals surface area (Å²) in [5, 5.41) is 1.13. The van der Waals surface area contributed by atoms with Gasteiger partial charge in [0.15, 0.2) is 10.9 Å². The molecule has 25 heavy (non-hydrogen) atoms. The van der Waals surface area contributed by atoms with Gasteiger partial charge in [-0.25, -0.2) is 4.98 Å². The van der Waals surface area contributed by atoms with E-state index in [4.69, 9.17) is 0 Å². The fraction of sp³-hybridized carbons (Fsp3) is 0.167. The number of carbonyl (C=O) groups is 1. The maximum absolute atomic E-state index is 12.7. The van der Waals surface area contributed by atoms with Crippen LogP contribution in [-0.4, -0.2) is 21.1 Å². The van der Waals surface area contributed by atoms with Crippen LogP contribution in [-0.2, 0) is 6.54 Å². The molecule has 0 fully saturated rings. The van der Waals surface area contributed by atoms with Crippen LogP contribution < -0.4 is 5.56 Å². The first kappa shape index (κ1) is 18.4. The second kappa shape index (κ2) is 7.85. The van der Waals surface area contributed by atoms with Crippen molar-refractivity contribution in [2.75, 3.05) is 5.75 Å². The van der Waals surface area contributed by atoms with Crippen LogP contribution >= 0.6 is 43.6 Å². The van der Waals surface area contributed by atoms with Crippen molar-refractivity contribution in [1.82, 2.24) is 9.55 Å². The minimum Gasteiger partial charge on any atom is -0.293 e. The zero-order valence-electron chi connectivity index (χ0n) is 13.3. The van der Waals surface area contributed by atoms with E-state index in [1.807, 2.05) is 25.1 Å². The van der Waals surface area contributed by atoms with E-state index in [0.29, 0.717) is 28.2 Å². The van der Waals surface area contributed by atoms with Crippen molar-refractivity contribution < 1.29 is 4.79 Å². The molecule has 0 amide bonds. The van der Waals surface area contributed by atoms with E-state index >= 15 is 0 Å². The standard InChI is InChI=1S/C18H14Br2N2O2S/c1-2-22-17(24)14-9-13(20)7-8-15(14)21-18(22)25-10-16(23)11-3-5-12(19)6-4-11/h3-9H,2,10H2,1H3. The summed E-state index contributed by atoms with van der Waals surface area (Å²) in [7, 11) is 0. The number of thioether (sulfide) groups is 1. The highest BCUT2D eigenvalue weighted by Crippen LogP contribution is 2.22. The maximum atomic E-state index is 12.7. The van der Waals surface area contributed by atoms with Crippen LogP contribution in [0.4, 0.5) is 0 Å². The molecule has 128 valence electrons. The third-order valence-electron chi connectivity index (χ3n) is 3.70. The van der Waals surface area contributed by atoms with Gasteiger partial charge in [-0.15, -0.1) is 0 Å². The van der Waals surface area contributed by atoms with Gasteiger partial charge in [0.05, 0.1) is 16.7 Å². The van der Waals surface area contributed by atoms with Gasteiger partial charge >= 0.3 is 0 Å². The number of benzene rings is 2. The molecule has 0 aliphatic heterocycles. The molecule has 3 rings (SSSR count). The molecule has 7 heteroatoms. The van der Waals surface area contributed by atoms with E-state index in [0.717, 1.165) is 8.95 Å². The Morgan fingerprint density at radius 2 is 1.80 bits per heavy atom. The lowest BCUT2D eigenvalue weighted by molar-refractivity contribution is 0.102. The Hall–Kier alpha value is -1.44. The number of hydrogen-bond acceptors (Lipinski definition) is 4. The lowest BCUT2D eigenvalue weighted by Crippen LogP contribution is -2.23. The van der Waals surface area contributed by atoms with Gasteiger partial charge in [-0.3, -0.25) is 14.2 Å². The SMILES string of the molecule is CCn1c(SCC(=O)c2ccc(Br)cc2)nc2ccc(Br)cc2c1=O. The third kappa shape index (κ3) is 4.04. The lowest BCUT2D eigenvalue weighted by atomic mass is 10.2. The van der Waals surface area contributed by atoms with Crippen LogP contribution in [0.3, 0.4) is 0 Å². The summed E-state index contributed by atoms with van der Waals surface area (Å²) in [5.41, 5.74) is 1.19. The van der Waals surface area contributed by atoms with Gasteiger partial charge in [0.1, 0.15) is 0 Å². The minimum atomic E-state index is -0.0904. The van der Waals surface area contributed by atoms with E-state index in [1.165, 1.54) is 11.8 Å². The molecule has 1 aromatic heterocycles. The first-order valence-electron chi connectivity index (χ1n) is 7.61. The summed E-state index contributed by atoms with van der Waals surface area (Å²) in [6, 6.07) is 12.7. The number of nitrogens with zero attached hydrogens (tertiary/aromatic N) is 2. The molecule has 0 unspecified atom stereocenters. The summed E-state index contributed by atoms with van der Waals surface area (Å²) in [4.78, 5) is 29.6. The number of carbonyl (C=O) groups excluding carboxylic acids is 1. The Kier molecular flexibility index (Phi) is 5.76. The first-order chi connectivity index (χ1) is 12.0. The molecule has 4 nitrogen and oxygen atoms in total. The smallest absolute Gasteiger partial charge is 0.262 e. The van der Waals surface area contributed by atoms with Crippen molar-refractivity contribution in [1.29, 1.82) is 0 Å². The quantitative estimate of drug-likeness (QED) is 0.295. The van der Waals surface area contributed by atoms with Crippen LogP contribution in [0, 0.1) is 0 Å². The molecule has 0 aliphatic carbocycles. The fourth-order valence-corrected chi connectivity index (χ4v) is 3.99. The zero-order valence-corrected chi connectivity index (χ0v) is 17.3. The number of halogens is 2. The van der Waals surface area contributed by atoms with Crippen LogP contribution in [0.15, 0.2) is 61.4 Å². The van der Waals surface area contributed by atoms with Gasteiger partial charge < -0.3 is 0 Å². The van der Waals surface area contributed by atoms with Gasteiger partial charge in [-0.2, -0.15) is 0 Å². The molecule has 0 bridgehead atoms. The highest BCUT2D eigenvalue weighted by Gasteiger charge is 2.13. The molecule has 0 saturated heterocycles. The molecule has 2 aromatic carbocycles. The highest BCUT2D eigenvalue weighted by atomic mass is 79.9. The van der Waals surface area contributed by atoms with Crippen LogP contribution in [0.1, 0.15) is 17.3 Å². The number of hydrogen-bond donors (Lipinski definition) is 0. The largest absolute Gasteiger partial charge is 0.293 e. The predicted octanol–water partition coefficient (Wildman–Crippen LogP) is 4.92. The molecule has 0 N–H and O–H groups in total. The van der Waals surface area contributed by atoms with Crippen molar-refractivity contribution in [3.63, 3.8) is 0 Å². The van der Waals surface area contributed by atoms with Gasteiger partial charge in [0, 0.05) is 21.1 Å². The third-order valence-corrected chi connectivity index (χ3v) is 5.69. The second-order valence-corrected chi connectivity index (χ2v) is 8.10. The molecular formula is C18H14Br2N2O2S. The Labute approximate surface area is 165 Å². The van der Waals surface area contributed by atoms with Crippen LogP contribution in [0.2, 0.25) is 0 Å². The Morgan fingerprint density at radius 3 is 2.48 bits per heavy atom. The van der Waals surface area contributed by atoms with E-state index in [1.54, 1.807) is 28.8 Å². The molecule has 0 spiro atoms. The molecule has 0 radical (unpaired) electrons. The number of aromatic nitrogens is 2. The van der Waals surface area contributed by atoms with E-state index < -0.39 is 0 Å². The van der Waals surface area contributed by atoms with Gasteiger partial charge in [0.25, 0.3) is 5.56 Å². The molecule has 0 atom stereocenters. The molecule has 0 saturated carbocycles. The van der Waals surface area contributed by atoms with Gasteiger partial charge in [0.2, 0.25) is 0 Å². The number of rotatable bonds is 5. The second-order valence-electron chi connectivity index (χ2n) is 5.32. The molecular weight excluding hydrogens is 468 g/mol. The Morgan fingerprint density at radius 1 is 1.12 bits per heavy atom. The highest BCUT2D eigenvalue weighted by molar-refractivity contribution is 9.10. The summed E-state index contributed by atoms with van der Waals surface area (Å²) in [6.45, 7) is 2.40. The van der Waals surface area contributed by atoms with Crippen LogP contribution in [0.25, 0.3) is 10.9 Å². The molecule has 0 aliphatic rings. The van der Waals surface area contributed by atoms with E-state index in [9.17, 15) is 9.59 Å². The molecule has 1 heterocycles. The van der Waals surface area contributed by atoms with E-state index in [-0.39, 0.29) is 17.1 Å². The summed E-state index contributed by atoms with van der Waals surface area (Å²) >= 11 is 8.03. The minimum absolute atomic E-state index is 0.00491. The van der Waals surface area contributed by atoms with Crippen molar-refractivity contribution >= 4 is 60.3 Å². The van der Waals surface area contributed by atoms with Crippen LogP contribution in [0.5, 0.6) is 0 Å². The first-order valence-corrected chi connectivity index (χ1v) is 10.2. The number of ketones is 1. The van der Waals surface area contributed by atoms with Gasteiger partial charge in [-0.05, 0) is 37.3 Å². The maximum Gasteiger partial charge on any atom is 0.262 e. The Balaban J connectivity index is 1.90. The molecule has 3 aromatic rings. The van der Waals surface area contributed by atoms with Crippen molar-refractivity contribution in [2.45, 2.75) is 18.6 Å². The number of Topliss-reactive ketones (excluding diaryl/α,β-unsaturated/α-hetero) is 1. The fourth-order valence-electron chi connectivity index (χ4n) is 2.41. The van der Waals surface area contributed by atoms with E-state index in [2.05, 4.69) is 36.8 Å². The predicted molar refractivity (Wildman–Crippen MR) is 109 cm³/mol. The summed E-state index contributed by atoms with van der Waals surface area (Å²) in [6.07, 6.45) is 0. The monoisotopic (exact) mass is 480 g/mol. The summed E-state index contributed by atoms with van der Waals surface area (Å²) < 4.78 is 3.38. The van der Waals surface area contributed by atoms with Gasteiger partial charge in [-0.1, -0.05) is 55.8 Å². The van der Waals surface area contributed by atoms with Crippen molar-refractivity contribution in [3.05, 3.63) is 67.3 Å². The summed E-state index contributed by atoms with van der Waals surface area (Å²) in [5.74, 6) is 0.237. The average molecular weight is 482 g/mol. The number of fused-ring (bicyclic) bond motifs is 1. The zero-order chi connectivity index (χ0) is 18.0. The Bertz CT molecular complexity index is 1000. The van der Waals surface area contributed by atoms with Crippen molar-refractivity contribution in [3.8, 4) is 0 Å².